The van der Waals surface area contributed by atoms with E-state index in [-0.39, 0.29) is 0 Å². The van der Waals surface area contributed by atoms with Gasteiger partial charge in [-0.25, -0.2) is 13.2 Å². The molecule has 5 nitrogen and oxygen atoms in total. The van der Waals surface area contributed by atoms with Crippen LogP contribution in [0.2, 0.25) is 0 Å². The van der Waals surface area contributed by atoms with Gasteiger partial charge in [-0.05, 0) is 5.53 Å². The first kappa shape index (κ1) is 13.7. The monoisotopic (exact) mass is 267 g/mol. The van der Waals surface area contributed by atoms with Gasteiger partial charge in [0.15, 0.2) is 0 Å². The predicted molar refractivity (Wildman–Crippen MR) is 45.9 cm³/mol. The van der Waals surface area contributed by atoms with Crippen molar-refractivity contribution in [3.63, 3.8) is 0 Å². The normalized spacial score (nSPS) is 9.83. The summed E-state index contributed by atoms with van der Waals surface area (Å²) in [5.74, 6) is -14.7. The number of halogens is 5. The van der Waals surface area contributed by atoms with E-state index in [2.05, 4.69) is 14.8 Å². The Balaban J connectivity index is 3.17. The van der Waals surface area contributed by atoms with Gasteiger partial charge in [-0.2, -0.15) is 8.78 Å². The summed E-state index contributed by atoms with van der Waals surface area (Å²) in [5, 5.41) is 2.69. The number of azide groups is 1. The number of ether oxygens (including phenoxy) is 1. The van der Waals surface area contributed by atoms with E-state index in [0.717, 1.165) is 0 Å². The number of carbonyl (C=O) groups excluding carboxylic acids is 1. The van der Waals surface area contributed by atoms with Crippen molar-refractivity contribution in [3.05, 3.63) is 39.5 Å². The van der Waals surface area contributed by atoms with Crippen molar-refractivity contribution in [2.45, 2.75) is 0 Å². The molecule has 0 unspecified atom stereocenters. The molecule has 10 heteroatoms. The Morgan fingerprint density at radius 1 is 1.06 bits per heavy atom. The van der Waals surface area contributed by atoms with E-state index in [1.165, 1.54) is 0 Å². The van der Waals surface area contributed by atoms with Crippen LogP contribution in [0.15, 0.2) is 5.11 Å². The van der Waals surface area contributed by atoms with E-state index in [9.17, 15) is 26.7 Å². The van der Waals surface area contributed by atoms with Crippen LogP contribution in [0.1, 0.15) is 0 Å². The van der Waals surface area contributed by atoms with Crippen LogP contribution in [-0.2, 0) is 4.79 Å². The van der Waals surface area contributed by atoms with Crippen LogP contribution in [0.25, 0.3) is 10.4 Å². The lowest BCUT2D eigenvalue weighted by atomic mass is 10.2. The highest BCUT2D eigenvalue weighted by atomic mass is 19.2. The zero-order valence-corrected chi connectivity index (χ0v) is 8.26. The Kier molecular flexibility index (Phi) is 4.05. The lowest BCUT2D eigenvalue weighted by molar-refractivity contribution is -0.133. The number of esters is 1. The Bertz CT molecular complexity index is 527. The smallest absolute Gasteiger partial charge is 0.317 e. The number of rotatable bonds is 3. The minimum absolute atomic E-state index is 0.962. The van der Waals surface area contributed by atoms with E-state index < -0.39 is 47.3 Å². The summed E-state index contributed by atoms with van der Waals surface area (Å²) in [6.07, 6.45) is 0. The quantitative estimate of drug-likeness (QED) is 0.123. The highest BCUT2D eigenvalue weighted by Crippen LogP contribution is 2.29. The SMILES string of the molecule is [N-]=[N+]=NCC(=O)Oc1c(F)c(F)c(F)c(F)c1F. The summed E-state index contributed by atoms with van der Waals surface area (Å²) in [6, 6.07) is 0. The third-order valence-electron chi connectivity index (χ3n) is 1.65. The first-order chi connectivity index (χ1) is 8.40. The molecule has 0 fully saturated rings. The fourth-order valence-corrected chi connectivity index (χ4v) is 0.910. The maximum Gasteiger partial charge on any atom is 0.317 e. The molecule has 1 rings (SSSR count). The maximum absolute atomic E-state index is 13.0. The minimum atomic E-state index is -2.38. The fourth-order valence-electron chi connectivity index (χ4n) is 0.910. The van der Waals surface area contributed by atoms with Crippen LogP contribution in [0.4, 0.5) is 22.0 Å². The third-order valence-corrected chi connectivity index (χ3v) is 1.65. The summed E-state index contributed by atoms with van der Waals surface area (Å²) < 4.78 is 67.8. The van der Waals surface area contributed by atoms with Gasteiger partial charge in [0.1, 0.15) is 6.54 Å². The van der Waals surface area contributed by atoms with Gasteiger partial charge in [-0.1, -0.05) is 5.11 Å². The van der Waals surface area contributed by atoms with Crippen molar-refractivity contribution in [1.82, 2.24) is 0 Å². The molecule has 96 valence electrons. The van der Waals surface area contributed by atoms with Gasteiger partial charge in [0.2, 0.25) is 34.8 Å². The number of nitrogens with zero attached hydrogens (tertiary/aromatic N) is 3. The molecule has 0 saturated heterocycles. The minimum Gasteiger partial charge on any atom is -0.420 e. The van der Waals surface area contributed by atoms with Crippen molar-refractivity contribution in [3.8, 4) is 5.75 Å². The molecule has 0 aliphatic carbocycles. The Morgan fingerprint density at radius 3 is 1.94 bits per heavy atom. The molecule has 0 atom stereocenters. The molecule has 18 heavy (non-hydrogen) atoms. The van der Waals surface area contributed by atoms with Gasteiger partial charge < -0.3 is 4.74 Å². The van der Waals surface area contributed by atoms with Gasteiger partial charge in [-0.3, -0.25) is 4.79 Å². The molecule has 0 amide bonds. The topological polar surface area (TPSA) is 75.1 Å². The van der Waals surface area contributed by atoms with Crippen molar-refractivity contribution in [2.24, 2.45) is 5.11 Å². The number of benzene rings is 1. The van der Waals surface area contributed by atoms with Crippen LogP contribution < -0.4 is 4.74 Å². The first-order valence-electron chi connectivity index (χ1n) is 4.13. The van der Waals surface area contributed by atoms with Gasteiger partial charge in [0.25, 0.3) is 0 Å². The lowest BCUT2D eigenvalue weighted by Crippen LogP contribution is -2.15. The van der Waals surface area contributed by atoms with Crippen molar-refractivity contribution in [1.29, 1.82) is 0 Å². The number of carbonyl (C=O) groups is 1. The molecular formula is C8H2F5N3O2. The predicted octanol–water partition coefficient (Wildman–Crippen LogP) is 2.60. The van der Waals surface area contributed by atoms with Gasteiger partial charge in [0.05, 0.1) is 0 Å². The summed E-state index contributed by atoms with van der Waals surface area (Å²) in [5.41, 5.74) is 7.85. The van der Waals surface area contributed by atoms with Crippen LogP contribution >= 0.6 is 0 Å². The molecule has 0 spiro atoms. The Hall–Kier alpha value is -2.35. The van der Waals surface area contributed by atoms with Crippen molar-refractivity contribution < 1.29 is 31.5 Å². The second kappa shape index (κ2) is 5.32. The molecule has 1 aromatic rings. The molecule has 0 heterocycles. The molecule has 0 bridgehead atoms. The summed E-state index contributed by atoms with van der Waals surface area (Å²) in [4.78, 5) is 13.0. The van der Waals surface area contributed by atoms with Crippen LogP contribution in [0.3, 0.4) is 0 Å². The van der Waals surface area contributed by atoms with Gasteiger partial charge >= 0.3 is 5.97 Å². The molecule has 0 aromatic heterocycles. The van der Waals surface area contributed by atoms with Crippen molar-refractivity contribution in [2.75, 3.05) is 6.54 Å². The van der Waals surface area contributed by atoms with Gasteiger partial charge in [-0.15, -0.1) is 0 Å². The summed E-state index contributed by atoms with van der Waals surface area (Å²) in [6.45, 7) is -0.962. The highest BCUT2D eigenvalue weighted by Gasteiger charge is 2.28. The molecule has 0 aliphatic rings. The Morgan fingerprint density at radius 2 is 1.50 bits per heavy atom. The van der Waals surface area contributed by atoms with Crippen LogP contribution in [0, 0.1) is 29.1 Å². The van der Waals surface area contributed by atoms with Gasteiger partial charge in [0, 0.05) is 4.91 Å². The second-order valence-electron chi connectivity index (χ2n) is 2.76. The first-order valence-corrected chi connectivity index (χ1v) is 4.13. The lowest BCUT2D eigenvalue weighted by Gasteiger charge is -2.07. The van der Waals surface area contributed by atoms with Crippen LogP contribution in [-0.4, -0.2) is 12.5 Å². The third kappa shape index (κ3) is 2.48. The standard InChI is InChI=1S/C8H2F5N3O2/c9-3-4(10)6(12)8(7(13)5(3)11)18-2(17)1-15-16-14/h1H2. The number of hydrogen-bond donors (Lipinski definition) is 0. The Labute approximate surface area is 95.4 Å². The largest absolute Gasteiger partial charge is 0.420 e. The molecular weight excluding hydrogens is 265 g/mol. The number of hydrogen-bond acceptors (Lipinski definition) is 3. The fraction of sp³-hybridized carbons (Fsp3) is 0.125. The zero-order chi connectivity index (χ0) is 13.9. The van der Waals surface area contributed by atoms with E-state index in [1.807, 2.05) is 0 Å². The van der Waals surface area contributed by atoms with Crippen molar-refractivity contribution >= 4 is 5.97 Å². The molecule has 1 aromatic carbocycles. The van der Waals surface area contributed by atoms with E-state index >= 15 is 0 Å². The molecule has 0 radical (unpaired) electrons. The average molecular weight is 267 g/mol. The van der Waals surface area contributed by atoms with E-state index in [1.54, 1.807) is 0 Å². The zero-order valence-electron chi connectivity index (χ0n) is 8.26. The van der Waals surface area contributed by atoms with E-state index in [4.69, 9.17) is 5.53 Å². The second-order valence-corrected chi connectivity index (χ2v) is 2.76. The summed E-state index contributed by atoms with van der Waals surface area (Å²) in [7, 11) is 0. The average Bonchev–Trinajstić information content (AvgIpc) is 2.36. The molecule has 0 N–H and O–H groups in total. The molecule has 0 aliphatic heterocycles. The van der Waals surface area contributed by atoms with E-state index in [0.29, 0.717) is 0 Å². The maximum atomic E-state index is 13.0. The summed E-state index contributed by atoms with van der Waals surface area (Å²) >= 11 is 0. The highest BCUT2D eigenvalue weighted by molar-refractivity contribution is 5.74. The molecule has 0 saturated carbocycles. The van der Waals surface area contributed by atoms with Crippen LogP contribution in [0.5, 0.6) is 5.75 Å².